The Labute approximate surface area is 175 Å². The van der Waals surface area contributed by atoms with Crippen molar-refractivity contribution in [2.45, 2.75) is 57.5 Å². The van der Waals surface area contributed by atoms with Crippen molar-refractivity contribution < 1.29 is 14.3 Å². The van der Waals surface area contributed by atoms with Crippen LogP contribution in [0.1, 0.15) is 50.5 Å². The Hall–Kier alpha value is -1.30. The molecule has 0 radical (unpaired) electrons. The van der Waals surface area contributed by atoms with Crippen LogP contribution in [-0.4, -0.2) is 45.4 Å². The second-order valence-electron chi connectivity index (χ2n) is 8.13. The Morgan fingerprint density at radius 2 is 2.00 bits per heavy atom. The van der Waals surface area contributed by atoms with Crippen LogP contribution < -0.4 is 15.4 Å². The maximum atomic E-state index is 12.4. The van der Waals surface area contributed by atoms with Crippen LogP contribution in [0.5, 0.6) is 5.75 Å². The molecule has 0 spiro atoms. The van der Waals surface area contributed by atoms with Crippen LogP contribution in [0, 0.1) is 5.41 Å². The molecular formula is C22H35ClN2O3. The summed E-state index contributed by atoms with van der Waals surface area (Å²) in [6.07, 6.45) is 8.56. The molecule has 28 heavy (non-hydrogen) atoms. The highest BCUT2D eigenvalue weighted by atomic mass is 35.5. The first-order valence-electron chi connectivity index (χ1n) is 10.4. The Morgan fingerprint density at radius 3 is 2.71 bits per heavy atom. The van der Waals surface area contributed by atoms with E-state index >= 15 is 0 Å². The van der Waals surface area contributed by atoms with Gasteiger partial charge in [0, 0.05) is 25.5 Å². The second-order valence-corrected chi connectivity index (χ2v) is 8.13. The Balaban J connectivity index is 0.00000280. The second kappa shape index (κ2) is 11.6. The summed E-state index contributed by atoms with van der Waals surface area (Å²) >= 11 is 0. The normalized spacial score (nSPS) is 19.0. The van der Waals surface area contributed by atoms with Crippen molar-refractivity contribution in [3.8, 4) is 5.75 Å². The zero-order chi connectivity index (χ0) is 19.0. The van der Waals surface area contributed by atoms with E-state index in [1.54, 1.807) is 7.11 Å². The maximum absolute atomic E-state index is 12.4. The van der Waals surface area contributed by atoms with E-state index < -0.39 is 0 Å². The molecular weight excluding hydrogens is 376 g/mol. The molecule has 1 saturated heterocycles. The molecule has 2 fully saturated rings. The van der Waals surface area contributed by atoms with Gasteiger partial charge >= 0.3 is 0 Å². The quantitative estimate of drug-likeness (QED) is 0.654. The summed E-state index contributed by atoms with van der Waals surface area (Å²) in [4.78, 5) is 12.4. The fourth-order valence-corrected chi connectivity index (χ4v) is 4.24. The van der Waals surface area contributed by atoms with Gasteiger partial charge in [0.1, 0.15) is 5.75 Å². The van der Waals surface area contributed by atoms with E-state index in [-0.39, 0.29) is 23.7 Å². The van der Waals surface area contributed by atoms with E-state index in [0.29, 0.717) is 25.7 Å². The molecule has 0 aromatic heterocycles. The maximum Gasteiger partial charge on any atom is 0.220 e. The van der Waals surface area contributed by atoms with E-state index in [0.717, 1.165) is 56.5 Å². The Kier molecular flexibility index (Phi) is 9.56. The van der Waals surface area contributed by atoms with Gasteiger partial charge in [-0.1, -0.05) is 12.1 Å². The van der Waals surface area contributed by atoms with Gasteiger partial charge in [0.15, 0.2) is 0 Å². The van der Waals surface area contributed by atoms with Gasteiger partial charge in [0.25, 0.3) is 0 Å². The minimum Gasteiger partial charge on any atom is -0.490 e. The third-order valence-corrected chi connectivity index (χ3v) is 5.92. The number of hydrogen-bond acceptors (Lipinski definition) is 4. The van der Waals surface area contributed by atoms with Crippen LogP contribution in [0.2, 0.25) is 0 Å². The molecule has 5 nitrogen and oxygen atoms in total. The molecule has 1 saturated carbocycles. The predicted molar refractivity (Wildman–Crippen MR) is 114 cm³/mol. The molecule has 158 valence electrons. The average molecular weight is 411 g/mol. The zero-order valence-electron chi connectivity index (χ0n) is 17.0. The van der Waals surface area contributed by atoms with Crippen molar-refractivity contribution in [1.29, 1.82) is 0 Å². The highest BCUT2D eigenvalue weighted by Gasteiger charge is 2.32. The molecule has 1 amide bonds. The van der Waals surface area contributed by atoms with Gasteiger partial charge in [-0.25, -0.2) is 0 Å². The first kappa shape index (κ1) is 23.0. The lowest BCUT2D eigenvalue weighted by Gasteiger charge is -2.37. The lowest BCUT2D eigenvalue weighted by Crippen LogP contribution is -2.47. The monoisotopic (exact) mass is 410 g/mol. The molecule has 2 aliphatic rings. The summed E-state index contributed by atoms with van der Waals surface area (Å²) in [5, 5.41) is 6.53. The van der Waals surface area contributed by atoms with E-state index in [1.165, 1.54) is 12.8 Å². The minimum atomic E-state index is 0. The van der Waals surface area contributed by atoms with Gasteiger partial charge in [-0.3, -0.25) is 4.79 Å². The largest absolute Gasteiger partial charge is 0.490 e. The summed E-state index contributed by atoms with van der Waals surface area (Å²) in [7, 11) is 1.74. The molecule has 0 bridgehead atoms. The standard InChI is InChI=1S/C22H34N2O3.ClH/c1-26-17-22(11-13-23-14-12-22)16-24-21(25)10-9-18-5-4-8-20(15-18)27-19-6-2-3-7-19;/h4-5,8,15,19,23H,2-3,6-7,9-14,16-17H2,1H3,(H,24,25);1H. The molecule has 1 aliphatic heterocycles. The Morgan fingerprint density at radius 1 is 1.25 bits per heavy atom. The number of halogens is 1. The number of amides is 1. The summed E-state index contributed by atoms with van der Waals surface area (Å²) in [6.45, 7) is 3.39. The Bertz CT molecular complexity index is 594. The van der Waals surface area contributed by atoms with Crippen LogP contribution in [-0.2, 0) is 16.0 Å². The van der Waals surface area contributed by atoms with Gasteiger partial charge in [-0.15, -0.1) is 12.4 Å². The topological polar surface area (TPSA) is 59.6 Å². The first-order valence-corrected chi connectivity index (χ1v) is 10.4. The number of benzene rings is 1. The summed E-state index contributed by atoms with van der Waals surface area (Å²) in [6, 6.07) is 8.21. The highest BCUT2D eigenvalue weighted by molar-refractivity contribution is 5.85. The van der Waals surface area contributed by atoms with Crippen molar-refractivity contribution in [2.75, 3.05) is 33.4 Å². The van der Waals surface area contributed by atoms with E-state index in [2.05, 4.69) is 22.8 Å². The van der Waals surface area contributed by atoms with Crippen molar-refractivity contribution >= 4 is 18.3 Å². The number of ether oxygens (including phenoxy) is 2. The average Bonchev–Trinajstić information content (AvgIpc) is 3.19. The SMILES string of the molecule is COCC1(CNC(=O)CCc2cccc(OC3CCCC3)c2)CCNCC1.Cl. The number of carbonyl (C=O) groups excluding carboxylic acids is 1. The van der Waals surface area contributed by atoms with Crippen molar-refractivity contribution in [3.05, 3.63) is 29.8 Å². The number of methoxy groups -OCH3 is 1. The molecule has 2 N–H and O–H groups in total. The van der Waals surface area contributed by atoms with Gasteiger partial charge in [0.2, 0.25) is 5.91 Å². The van der Waals surface area contributed by atoms with Gasteiger partial charge in [-0.05, 0) is 75.7 Å². The van der Waals surface area contributed by atoms with Gasteiger partial charge in [0.05, 0.1) is 12.7 Å². The highest BCUT2D eigenvalue weighted by Crippen LogP contribution is 2.28. The van der Waals surface area contributed by atoms with Crippen LogP contribution in [0.3, 0.4) is 0 Å². The number of nitrogens with one attached hydrogen (secondary N) is 2. The number of rotatable bonds is 9. The third kappa shape index (κ3) is 6.94. The van der Waals surface area contributed by atoms with Gasteiger partial charge in [-0.2, -0.15) is 0 Å². The fraction of sp³-hybridized carbons (Fsp3) is 0.682. The number of aryl methyl sites for hydroxylation is 1. The molecule has 1 heterocycles. The van der Waals surface area contributed by atoms with E-state index in [9.17, 15) is 4.79 Å². The molecule has 0 unspecified atom stereocenters. The van der Waals surface area contributed by atoms with Crippen LogP contribution in [0.4, 0.5) is 0 Å². The van der Waals surface area contributed by atoms with Crippen molar-refractivity contribution in [1.82, 2.24) is 10.6 Å². The molecule has 1 aromatic carbocycles. The van der Waals surface area contributed by atoms with Crippen LogP contribution in [0.15, 0.2) is 24.3 Å². The van der Waals surface area contributed by atoms with E-state index in [4.69, 9.17) is 9.47 Å². The van der Waals surface area contributed by atoms with Crippen LogP contribution in [0.25, 0.3) is 0 Å². The lowest BCUT2D eigenvalue weighted by molar-refractivity contribution is -0.122. The van der Waals surface area contributed by atoms with Gasteiger partial charge < -0.3 is 20.1 Å². The number of piperidine rings is 1. The van der Waals surface area contributed by atoms with Crippen molar-refractivity contribution in [3.63, 3.8) is 0 Å². The number of carbonyl (C=O) groups is 1. The molecule has 0 atom stereocenters. The molecule has 6 heteroatoms. The minimum absolute atomic E-state index is 0. The molecule has 3 rings (SSSR count). The van der Waals surface area contributed by atoms with E-state index in [1.807, 2.05) is 12.1 Å². The molecule has 1 aromatic rings. The smallest absolute Gasteiger partial charge is 0.220 e. The summed E-state index contributed by atoms with van der Waals surface area (Å²) < 4.78 is 11.5. The zero-order valence-corrected chi connectivity index (χ0v) is 17.8. The summed E-state index contributed by atoms with van der Waals surface area (Å²) in [5.41, 5.74) is 1.24. The third-order valence-electron chi connectivity index (χ3n) is 5.92. The fourth-order valence-electron chi connectivity index (χ4n) is 4.24. The lowest BCUT2D eigenvalue weighted by atomic mass is 9.79. The predicted octanol–water partition coefficient (Wildman–Crippen LogP) is 3.49. The van der Waals surface area contributed by atoms with Crippen molar-refractivity contribution in [2.24, 2.45) is 5.41 Å². The van der Waals surface area contributed by atoms with Crippen LogP contribution >= 0.6 is 12.4 Å². The number of hydrogen-bond donors (Lipinski definition) is 2. The first-order chi connectivity index (χ1) is 13.2. The molecule has 1 aliphatic carbocycles. The summed E-state index contributed by atoms with van der Waals surface area (Å²) in [5.74, 6) is 1.06.